The lowest BCUT2D eigenvalue weighted by Gasteiger charge is -2.28. The highest BCUT2D eigenvalue weighted by Crippen LogP contribution is 2.18. The van der Waals surface area contributed by atoms with Crippen molar-refractivity contribution < 1.29 is 9.53 Å². The largest absolute Gasteiger partial charge is 0.381 e. The highest BCUT2D eigenvalue weighted by Gasteiger charge is 2.22. The molecule has 2 amide bonds. The maximum atomic E-state index is 12.0. The maximum absolute atomic E-state index is 12.0. The molecule has 0 saturated carbocycles. The molecule has 2 rings (SSSR count). The van der Waals surface area contributed by atoms with Crippen molar-refractivity contribution in [3.63, 3.8) is 0 Å². The number of urea groups is 1. The van der Waals surface area contributed by atoms with Gasteiger partial charge in [0.2, 0.25) is 0 Å². The predicted molar refractivity (Wildman–Crippen MR) is 77.3 cm³/mol. The maximum Gasteiger partial charge on any atom is 0.315 e. The van der Waals surface area contributed by atoms with Crippen molar-refractivity contribution in [1.29, 1.82) is 0 Å². The van der Waals surface area contributed by atoms with Crippen molar-refractivity contribution in [2.75, 3.05) is 13.2 Å². The number of rotatable bonds is 4. The number of amides is 2. The second-order valence-electron chi connectivity index (χ2n) is 5.33. The van der Waals surface area contributed by atoms with Gasteiger partial charge in [-0.05, 0) is 44.7 Å². The first-order valence-electron chi connectivity index (χ1n) is 7.22. The Morgan fingerprint density at radius 3 is 2.70 bits per heavy atom. The van der Waals surface area contributed by atoms with Gasteiger partial charge in [-0.15, -0.1) is 0 Å². The summed E-state index contributed by atoms with van der Waals surface area (Å²) in [4.78, 5) is 16.2. The Hall–Kier alpha value is -1.62. The van der Waals surface area contributed by atoms with E-state index >= 15 is 0 Å². The zero-order valence-electron chi connectivity index (χ0n) is 12.1. The van der Waals surface area contributed by atoms with Crippen LogP contribution < -0.4 is 10.6 Å². The summed E-state index contributed by atoms with van der Waals surface area (Å²) in [5, 5.41) is 5.94. The number of hydrogen-bond donors (Lipinski definition) is 2. The smallest absolute Gasteiger partial charge is 0.315 e. The molecule has 110 valence electrons. The number of pyridine rings is 1. The lowest BCUT2D eigenvalue weighted by atomic mass is 9.93. The van der Waals surface area contributed by atoms with Crippen LogP contribution in [0.3, 0.4) is 0 Å². The summed E-state index contributed by atoms with van der Waals surface area (Å²) >= 11 is 0. The molecule has 0 bridgehead atoms. The van der Waals surface area contributed by atoms with Crippen molar-refractivity contribution in [1.82, 2.24) is 15.6 Å². The predicted octanol–water partition coefficient (Wildman–Crippen LogP) is 2.26. The van der Waals surface area contributed by atoms with Crippen LogP contribution >= 0.6 is 0 Å². The summed E-state index contributed by atoms with van der Waals surface area (Å²) in [6.45, 7) is 5.58. The van der Waals surface area contributed by atoms with E-state index in [1.807, 2.05) is 25.1 Å². The second-order valence-corrected chi connectivity index (χ2v) is 5.33. The van der Waals surface area contributed by atoms with E-state index in [2.05, 4.69) is 22.5 Å². The van der Waals surface area contributed by atoms with Gasteiger partial charge in [0.25, 0.3) is 0 Å². The van der Waals surface area contributed by atoms with Gasteiger partial charge in [0.1, 0.15) is 0 Å². The molecule has 20 heavy (non-hydrogen) atoms. The number of aromatic nitrogens is 1. The average Bonchev–Trinajstić information content (AvgIpc) is 2.49. The number of ether oxygens (including phenoxy) is 1. The summed E-state index contributed by atoms with van der Waals surface area (Å²) in [6.07, 6.45) is 3.75. The highest BCUT2D eigenvalue weighted by molar-refractivity contribution is 5.74. The van der Waals surface area contributed by atoms with Gasteiger partial charge < -0.3 is 15.4 Å². The Labute approximate surface area is 120 Å². The van der Waals surface area contributed by atoms with Gasteiger partial charge in [-0.25, -0.2) is 4.79 Å². The molecule has 2 heterocycles. The molecule has 1 aliphatic rings. The molecule has 1 aromatic rings. The van der Waals surface area contributed by atoms with Crippen LogP contribution in [0.4, 0.5) is 4.79 Å². The molecule has 1 saturated heterocycles. The Morgan fingerprint density at radius 1 is 1.30 bits per heavy atom. The van der Waals surface area contributed by atoms with Crippen LogP contribution in [-0.4, -0.2) is 30.3 Å². The standard InChI is InChI=1S/C15H23N3O2/c1-11(13-6-9-20-10-7-13)17-15(19)18-12(2)14-5-3-4-8-16-14/h3-5,8,11-13H,6-7,9-10H2,1-2H3,(H2,17,18,19)/t11-,12-/m0/s1. The zero-order chi connectivity index (χ0) is 14.4. The van der Waals surface area contributed by atoms with Gasteiger partial charge >= 0.3 is 6.03 Å². The minimum absolute atomic E-state index is 0.0990. The Bertz CT molecular complexity index is 418. The minimum Gasteiger partial charge on any atom is -0.381 e. The molecule has 0 aliphatic carbocycles. The second kappa shape index (κ2) is 7.24. The van der Waals surface area contributed by atoms with E-state index in [0.29, 0.717) is 5.92 Å². The van der Waals surface area contributed by atoms with Crippen LogP contribution in [0.2, 0.25) is 0 Å². The topological polar surface area (TPSA) is 63.2 Å². The highest BCUT2D eigenvalue weighted by atomic mass is 16.5. The van der Waals surface area contributed by atoms with Crippen LogP contribution in [-0.2, 0) is 4.74 Å². The fourth-order valence-corrected chi connectivity index (χ4v) is 2.48. The quantitative estimate of drug-likeness (QED) is 0.887. The molecule has 2 N–H and O–H groups in total. The van der Waals surface area contributed by atoms with Gasteiger partial charge in [-0.3, -0.25) is 4.98 Å². The number of hydrogen-bond acceptors (Lipinski definition) is 3. The lowest BCUT2D eigenvalue weighted by molar-refractivity contribution is 0.0570. The van der Waals surface area contributed by atoms with Crippen LogP contribution in [0.15, 0.2) is 24.4 Å². The Balaban J connectivity index is 1.79. The van der Waals surface area contributed by atoms with Crippen LogP contribution in [0.5, 0.6) is 0 Å². The third-order valence-corrected chi connectivity index (χ3v) is 3.81. The normalized spacial score (nSPS) is 19.1. The lowest BCUT2D eigenvalue weighted by Crippen LogP contribution is -2.46. The van der Waals surface area contributed by atoms with Crippen molar-refractivity contribution in [2.24, 2.45) is 5.92 Å². The first kappa shape index (κ1) is 14.8. The monoisotopic (exact) mass is 277 g/mol. The van der Waals surface area contributed by atoms with Crippen molar-refractivity contribution in [2.45, 2.75) is 38.8 Å². The average molecular weight is 277 g/mol. The minimum atomic E-state index is -0.137. The molecule has 0 spiro atoms. The van der Waals surface area contributed by atoms with Crippen molar-refractivity contribution >= 4 is 6.03 Å². The van der Waals surface area contributed by atoms with E-state index in [-0.39, 0.29) is 18.1 Å². The van der Waals surface area contributed by atoms with Gasteiger partial charge in [0, 0.05) is 25.5 Å². The third-order valence-electron chi connectivity index (χ3n) is 3.81. The molecule has 0 aromatic carbocycles. The first-order valence-corrected chi connectivity index (χ1v) is 7.22. The number of carbonyl (C=O) groups excluding carboxylic acids is 1. The molecule has 5 heteroatoms. The van der Waals surface area contributed by atoms with Gasteiger partial charge in [0.05, 0.1) is 11.7 Å². The molecule has 1 fully saturated rings. The van der Waals surface area contributed by atoms with Crippen molar-refractivity contribution in [3.8, 4) is 0 Å². The first-order chi connectivity index (χ1) is 9.66. The summed E-state index contributed by atoms with van der Waals surface area (Å²) < 4.78 is 5.34. The van der Waals surface area contributed by atoms with E-state index < -0.39 is 0 Å². The van der Waals surface area contributed by atoms with Crippen LogP contribution in [0, 0.1) is 5.92 Å². The summed E-state index contributed by atoms with van der Waals surface area (Å²) in [5.74, 6) is 0.500. The SMILES string of the molecule is C[C@H](NC(=O)N[C@@H](C)C1CCOCC1)c1ccccn1. The molecule has 2 atom stereocenters. The van der Waals surface area contributed by atoms with E-state index in [9.17, 15) is 4.79 Å². The van der Waals surface area contributed by atoms with Gasteiger partial charge in [-0.1, -0.05) is 6.07 Å². The molecule has 0 unspecified atom stereocenters. The Kier molecular flexibility index (Phi) is 5.35. The van der Waals surface area contributed by atoms with E-state index in [1.54, 1.807) is 6.20 Å². The molecule has 5 nitrogen and oxygen atoms in total. The number of carbonyl (C=O) groups is 1. The van der Waals surface area contributed by atoms with Crippen LogP contribution in [0.1, 0.15) is 38.4 Å². The van der Waals surface area contributed by atoms with Crippen molar-refractivity contribution in [3.05, 3.63) is 30.1 Å². The zero-order valence-corrected chi connectivity index (χ0v) is 12.1. The number of nitrogens with one attached hydrogen (secondary N) is 2. The van der Waals surface area contributed by atoms with Gasteiger partial charge in [-0.2, -0.15) is 0 Å². The molecule has 0 radical (unpaired) electrons. The fraction of sp³-hybridized carbons (Fsp3) is 0.600. The molecular formula is C15H23N3O2. The fourth-order valence-electron chi connectivity index (χ4n) is 2.48. The van der Waals surface area contributed by atoms with Crippen LogP contribution in [0.25, 0.3) is 0 Å². The molecular weight excluding hydrogens is 254 g/mol. The molecule has 1 aliphatic heterocycles. The van der Waals surface area contributed by atoms with E-state index in [4.69, 9.17) is 4.74 Å². The Morgan fingerprint density at radius 2 is 2.05 bits per heavy atom. The summed E-state index contributed by atoms with van der Waals surface area (Å²) in [7, 11) is 0. The van der Waals surface area contributed by atoms with E-state index in [1.165, 1.54) is 0 Å². The van der Waals surface area contributed by atoms with E-state index in [0.717, 1.165) is 31.7 Å². The summed E-state index contributed by atoms with van der Waals surface area (Å²) in [5.41, 5.74) is 0.862. The van der Waals surface area contributed by atoms with Gasteiger partial charge in [0.15, 0.2) is 0 Å². The number of nitrogens with zero attached hydrogens (tertiary/aromatic N) is 1. The third kappa shape index (κ3) is 4.20. The molecule has 1 aromatic heterocycles. The summed E-state index contributed by atoms with van der Waals surface area (Å²) in [6, 6.07) is 5.62.